The summed E-state index contributed by atoms with van der Waals surface area (Å²) in [4.78, 5) is 21.2. The molecule has 0 unspecified atom stereocenters. The van der Waals surface area contributed by atoms with Crippen molar-refractivity contribution in [3.05, 3.63) is 26.8 Å². The minimum absolute atomic E-state index is 0. The van der Waals surface area contributed by atoms with E-state index in [0.29, 0.717) is 0 Å². The van der Waals surface area contributed by atoms with Gasteiger partial charge in [0.2, 0.25) is 0 Å². The number of aromatic nitrogens is 2. The van der Waals surface area contributed by atoms with Crippen LogP contribution in [0.2, 0.25) is 0 Å². The van der Waals surface area contributed by atoms with E-state index < -0.39 is 0 Å². The maximum Gasteiger partial charge on any atom is 1.00 e. The number of hydrogen-bond acceptors (Lipinski definition) is 2. The first-order chi connectivity index (χ1) is 4.13. The Morgan fingerprint density at radius 2 is 1.27 bits per heavy atom. The number of rotatable bonds is 0. The molecule has 0 radical (unpaired) electrons. The van der Waals surface area contributed by atoms with Crippen LogP contribution in [0.5, 0.6) is 0 Å². The molecule has 0 amide bonds. The quantitative estimate of drug-likeness (QED) is 0.447. The summed E-state index contributed by atoms with van der Waals surface area (Å²) in [5, 5.41) is 0. The standard InChI is InChI=1S/C5H7N2O2.2Rb/c1-6-4(8)3-5(9)7(6)2;;/h3H,1-2H3;;/q-1;2*+1. The largest absolute Gasteiger partial charge is 1.00 e. The molecule has 0 aliphatic heterocycles. The van der Waals surface area contributed by atoms with E-state index in [1.165, 1.54) is 9.36 Å². The van der Waals surface area contributed by atoms with Crippen molar-refractivity contribution >= 4 is 0 Å². The van der Waals surface area contributed by atoms with Crippen LogP contribution >= 0.6 is 0 Å². The molecule has 0 aromatic carbocycles. The van der Waals surface area contributed by atoms with Gasteiger partial charge in [0.05, 0.1) is 0 Å². The van der Waals surface area contributed by atoms with Crippen molar-refractivity contribution in [2.24, 2.45) is 14.1 Å². The van der Waals surface area contributed by atoms with E-state index in [4.69, 9.17) is 0 Å². The van der Waals surface area contributed by atoms with Gasteiger partial charge in [-0.3, -0.25) is 9.36 Å². The normalized spacial score (nSPS) is 8.18. The van der Waals surface area contributed by atoms with Crippen molar-refractivity contribution in [1.29, 1.82) is 0 Å². The predicted molar refractivity (Wildman–Crippen MR) is 32.5 cm³/mol. The number of nitrogens with zero attached hydrogens (tertiary/aromatic N) is 2. The molecule has 0 N–H and O–H groups in total. The van der Waals surface area contributed by atoms with Gasteiger partial charge >= 0.3 is 116 Å². The van der Waals surface area contributed by atoms with Gasteiger partial charge in [0, 0.05) is 14.1 Å². The molecule has 6 heteroatoms. The fourth-order valence-electron chi connectivity index (χ4n) is 0.588. The summed E-state index contributed by atoms with van der Waals surface area (Å²) in [6.45, 7) is 0. The van der Waals surface area contributed by atoms with Gasteiger partial charge in [-0.25, -0.2) is 6.07 Å². The Morgan fingerprint density at radius 3 is 1.36 bits per heavy atom. The second kappa shape index (κ2) is 6.81. The SMILES string of the molecule is Cn1c(=O)[cH-]c(=O)n1C.[Rb+].[Rb+]. The fraction of sp³-hybridized carbons (Fsp3) is 0.400. The van der Waals surface area contributed by atoms with E-state index in [0.717, 1.165) is 6.07 Å². The Bertz CT molecular complexity index is 291. The van der Waals surface area contributed by atoms with E-state index in [9.17, 15) is 9.59 Å². The third-order valence-electron chi connectivity index (χ3n) is 1.33. The van der Waals surface area contributed by atoms with E-state index in [-0.39, 0.29) is 127 Å². The molecule has 0 aliphatic carbocycles. The van der Waals surface area contributed by atoms with Gasteiger partial charge in [0.25, 0.3) is 0 Å². The van der Waals surface area contributed by atoms with Crippen LogP contribution in [0.25, 0.3) is 0 Å². The Labute approximate surface area is 162 Å². The maximum atomic E-state index is 10.6. The first-order valence-electron chi connectivity index (χ1n) is 2.53. The van der Waals surface area contributed by atoms with E-state index >= 15 is 0 Å². The zero-order chi connectivity index (χ0) is 7.02. The van der Waals surface area contributed by atoms with Gasteiger partial charge in [-0.15, -0.1) is 0 Å². The van der Waals surface area contributed by atoms with Crippen molar-refractivity contribution in [3.63, 3.8) is 0 Å². The zero-order valence-electron chi connectivity index (χ0n) is 7.29. The molecule has 0 spiro atoms. The second-order valence-electron chi connectivity index (χ2n) is 1.87. The first kappa shape index (κ1) is 15.9. The van der Waals surface area contributed by atoms with Crippen LogP contribution in [0.15, 0.2) is 15.7 Å². The molecule has 0 saturated heterocycles. The van der Waals surface area contributed by atoms with Crippen molar-refractivity contribution in [1.82, 2.24) is 9.36 Å². The van der Waals surface area contributed by atoms with Crippen LogP contribution in [0.3, 0.4) is 0 Å². The smallest absolute Gasteiger partial charge is 0.309 e. The van der Waals surface area contributed by atoms with Crippen LogP contribution in [0.1, 0.15) is 0 Å². The molecule has 0 atom stereocenters. The molecule has 11 heavy (non-hydrogen) atoms. The summed E-state index contributed by atoms with van der Waals surface area (Å²) >= 11 is 0. The molecule has 0 saturated carbocycles. The summed E-state index contributed by atoms with van der Waals surface area (Å²) in [5.74, 6) is 0. The summed E-state index contributed by atoms with van der Waals surface area (Å²) in [6, 6.07) is 1.06. The summed E-state index contributed by atoms with van der Waals surface area (Å²) in [7, 11) is 3.09. The average molecular weight is 298 g/mol. The minimum atomic E-state index is -0.262. The van der Waals surface area contributed by atoms with Crippen LogP contribution < -0.4 is 127 Å². The fourth-order valence-corrected chi connectivity index (χ4v) is 0.588. The van der Waals surface area contributed by atoms with Crippen LogP contribution in [0.4, 0.5) is 0 Å². The predicted octanol–water partition coefficient (Wildman–Crippen LogP) is -7.19. The van der Waals surface area contributed by atoms with E-state index in [1.54, 1.807) is 14.1 Å². The average Bonchev–Trinajstić information content (AvgIpc) is 1.98. The van der Waals surface area contributed by atoms with Crippen LogP contribution in [0, 0.1) is 0 Å². The monoisotopic (exact) mass is 297 g/mol. The summed E-state index contributed by atoms with van der Waals surface area (Å²) in [6.07, 6.45) is 0. The van der Waals surface area contributed by atoms with Gasteiger partial charge in [0.1, 0.15) is 11.1 Å². The van der Waals surface area contributed by atoms with Gasteiger partial charge in [-0.1, -0.05) is 0 Å². The topological polar surface area (TPSA) is 44.0 Å². The van der Waals surface area contributed by atoms with E-state index in [1.807, 2.05) is 0 Å². The molecule has 1 aromatic heterocycles. The summed E-state index contributed by atoms with van der Waals surface area (Å²) < 4.78 is 2.50. The molecule has 1 aromatic rings. The van der Waals surface area contributed by atoms with Crippen LogP contribution in [-0.4, -0.2) is 9.36 Å². The Balaban J connectivity index is 0. The maximum absolute atomic E-state index is 10.6. The Morgan fingerprint density at radius 1 is 1.00 bits per heavy atom. The Kier molecular flexibility index (Phi) is 9.83. The zero-order valence-corrected chi connectivity index (χ0v) is 17.1. The molecule has 1 heterocycles. The minimum Gasteiger partial charge on any atom is -0.309 e. The van der Waals surface area contributed by atoms with Crippen molar-refractivity contribution in [3.8, 4) is 0 Å². The molecule has 0 bridgehead atoms. The van der Waals surface area contributed by atoms with Crippen molar-refractivity contribution < 1.29 is 116 Å². The molecular weight excluding hydrogens is 291 g/mol. The number of hydrogen-bond donors (Lipinski definition) is 0. The first-order valence-corrected chi connectivity index (χ1v) is 2.53. The van der Waals surface area contributed by atoms with E-state index in [2.05, 4.69) is 0 Å². The molecule has 0 fully saturated rings. The third kappa shape index (κ3) is 3.97. The van der Waals surface area contributed by atoms with Gasteiger partial charge in [0.15, 0.2) is 0 Å². The molecule has 4 nitrogen and oxygen atoms in total. The molecule has 0 aliphatic rings. The van der Waals surface area contributed by atoms with Gasteiger partial charge in [-0.2, -0.15) is 0 Å². The van der Waals surface area contributed by atoms with Crippen LogP contribution in [-0.2, 0) is 14.1 Å². The molecule has 1 rings (SSSR count). The van der Waals surface area contributed by atoms with Gasteiger partial charge < -0.3 is 9.59 Å². The van der Waals surface area contributed by atoms with Crippen molar-refractivity contribution in [2.45, 2.75) is 0 Å². The second-order valence-corrected chi connectivity index (χ2v) is 1.87. The third-order valence-corrected chi connectivity index (χ3v) is 1.33. The van der Waals surface area contributed by atoms with Crippen molar-refractivity contribution in [2.75, 3.05) is 0 Å². The molecule has 50 valence electrons. The Hall–Kier alpha value is 2.42. The summed E-state index contributed by atoms with van der Waals surface area (Å²) in [5.41, 5.74) is -0.523. The van der Waals surface area contributed by atoms with Gasteiger partial charge in [-0.05, 0) is 0 Å². The molecular formula is C5H7N2O2Rb2+.